The van der Waals surface area contributed by atoms with Crippen molar-refractivity contribution in [2.45, 2.75) is 37.8 Å². The molecular formula is C18H24N4O2. The van der Waals surface area contributed by atoms with Gasteiger partial charge in [-0.05, 0) is 50.4 Å². The first-order valence-corrected chi connectivity index (χ1v) is 8.20. The fourth-order valence-electron chi connectivity index (χ4n) is 3.07. The number of carbonyl (C=O) groups is 2. The van der Waals surface area contributed by atoms with E-state index >= 15 is 0 Å². The van der Waals surface area contributed by atoms with Crippen LogP contribution in [0.1, 0.15) is 41.6 Å². The summed E-state index contributed by atoms with van der Waals surface area (Å²) >= 11 is 0. The zero-order valence-electron chi connectivity index (χ0n) is 14.3. The van der Waals surface area contributed by atoms with Crippen molar-refractivity contribution in [3.63, 3.8) is 0 Å². The van der Waals surface area contributed by atoms with E-state index in [1.54, 1.807) is 19.2 Å². The van der Waals surface area contributed by atoms with Crippen molar-refractivity contribution in [2.24, 2.45) is 0 Å². The molecule has 0 radical (unpaired) electrons. The minimum Gasteiger partial charge on any atom is -0.355 e. The molecule has 0 aromatic heterocycles. The Morgan fingerprint density at radius 1 is 1.25 bits per heavy atom. The van der Waals surface area contributed by atoms with E-state index in [2.05, 4.69) is 16.7 Å². The molecule has 1 aromatic rings. The van der Waals surface area contributed by atoms with Gasteiger partial charge >= 0.3 is 0 Å². The maximum absolute atomic E-state index is 12.2. The molecule has 0 heterocycles. The number of carbonyl (C=O) groups excluding carboxylic acids is 2. The SMILES string of the molecule is CNC(=O)c1ccc(CN(C)CC(=O)NC2(C#N)CCCC2)cc1. The standard InChI is InChI=1S/C18H24N4O2/c1-20-17(24)15-7-5-14(6-8-15)11-22(2)12-16(23)21-18(13-19)9-3-4-10-18/h5-8H,3-4,9-12H2,1-2H3,(H,20,24)(H,21,23). The summed E-state index contributed by atoms with van der Waals surface area (Å²) in [5, 5.41) is 14.8. The molecule has 0 unspecified atom stereocenters. The third-order valence-corrected chi connectivity index (χ3v) is 4.36. The predicted molar refractivity (Wildman–Crippen MR) is 91.1 cm³/mol. The average Bonchev–Trinajstić information content (AvgIpc) is 3.03. The highest BCUT2D eigenvalue weighted by molar-refractivity contribution is 5.93. The van der Waals surface area contributed by atoms with Gasteiger partial charge in [0, 0.05) is 19.2 Å². The van der Waals surface area contributed by atoms with E-state index in [0.29, 0.717) is 12.1 Å². The van der Waals surface area contributed by atoms with E-state index in [1.165, 1.54) is 0 Å². The van der Waals surface area contributed by atoms with Crippen LogP contribution in [0.2, 0.25) is 0 Å². The molecule has 0 saturated heterocycles. The van der Waals surface area contributed by atoms with Crippen LogP contribution in [-0.4, -0.2) is 42.9 Å². The molecule has 2 amide bonds. The summed E-state index contributed by atoms with van der Waals surface area (Å²) in [5.74, 6) is -0.240. The minimum atomic E-state index is -0.674. The van der Waals surface area contributed by atoms with Crippen molar-refractivity contribution in [1.82, 2.24) is 15.5 Å². The van der Waals surface area contributed by atoms with Gasteiger partial charge in [0.05, 0.1) is 12.6 Å². The summed E-state index contributed by atoms with van der Waals surface area (Å²) < 4.78 is 0. The topological polar surface area (TPSA) is 85.2 Å². The summed E-state index contributed by atoms with van der Waals surface area (Å²) in [4.78, 5) is 25.6. The molecule has 0 aliphatic heterocycles. The van der Waals surface area contributed by atoms with Gasteiger partial charge in [-0.3, -0.25) is 14.5 Å². The Balaban J connectivity index is 1.86. The van der Waals surface area contributed by atoms with E-state index in [0.717, 1.165) is 31.2 Å². The highest BCUT2D eigenvalue weighted by Crippen LogP contribution is 2.28. The predicted octanol–water partition coefficient (Wildman–Crippen LogP) is 1.43. The molecule has 1 aromatic carbocycles. The normalized spacial score (nSPS) is 15.8. The summed E-state index contributed by atoms with van der Waals surface area (Å²) in [6, 6.07) is 9.57. The third-order valence-electron chi connectivity index (χ3n) is 4.36. The number of hydrogen-bond donors (Lipinski definition) is 2. The summed E-state index contributed by atoms with van der Waals surface area (Å²) in [6.07, 6.45) is 3.45. The van der Waals surface area contributed by atoms with E-state index in [-0.39, 0.29) is 18.4 Å². The Kier molecular flexibility index (Phi) is 5.93. The zero-order chi connectivity index (χ0) is 17.6. The van der Waals surface area contributed by atoms with Gasteiger partial charge in [0.1, 0.15) is 5.54 Å². The number of benzene rings is 1. The van der Waals surface area contributed by atoms with Gasteiger partial charge in [-0.2, -0.15) is 5.26 Å². The molecule has 1 saturated carbocycles. The molecule has 6 nitrogen and oxygen atoms in total. The maximum atomic E-state index is 12.2. The Bertz CT molecular complexity index is 627. The molecule has 0 bridgehead atoms. The first kappa shape index (κ1) is 18.0. The summed E-state index contributed by atoms with van der Waals surface area (Å²) in [6.45, 7) is 0.835. The quantitative estimate of drug-likeness (QED) is 0.827. The fourth-order valence-corrected chi connectivity index (χ4v) is 3.07. The molecule has 6 heteroatoms. The van der Waals surface area contributed by atoms with Crippen LogP contribution in [-0.2, 0) is 11.3 Å². The monoisotopic (exact) mass is 328 g/mol. The highest BCUT2D eigenvalue weighted by atomic mass is 16.2. The van der Waals surface area contributed by atoms with Gasteiger partial charge in [-0.15, -0.1) is 0 Å². The number of nitrogens with zero attached hydrogens (tertiary/aromatic N) is 2. The molecule has 0 spiro atoms. The van der Waals surface area contributed by atoms with Crippen LogP contribution in [0.3, 0.4) is 0 Å². The zero-order valence-corrected chi connectivity index (χ0v) is 14.3. The molecule has 128 valence electrons. The van der Waals surface area contributed by atoms with Crippen molar-refractivity contribution in [3.8, 4) is 6.07 Å². The second-order valence-corrected chi connectivity index (χ2v) is 6.40. The van der Waals surface area contributed by atoms with Crippen LogP contribution in [0.15, 0.2) is 24.3 Å². The Morgan fingerprint density at radius 2 is 1.88 bits per heavy atom. The maximum Gasteiger partial charge on any atom is 0.251 e. The smallest absolute Gasteiger partial charge is 0.251 e. The lowest BCUT2D eigenvalue weighted by atomic mass is 10.00. The summed E-state index contributed by atoms with van der Waals surface area (Å²) in [7, 11) is 3.46. The second-order valence-electron chi connectivity index (χ2n) is 6.40. The van der Waals surface area contributed by atoms with Crippen molar-refractivity contribution in [3.05, 3.63) is 35.4 Å². The van der Waals surface area contributed by atoms with Gasteiger partial charge in [0.2, 0.25) is 5.91 Å². The number of rotatable bonds is 6. The molecular weight excluding hydrogens is 304 g/mol. The van der Waals surface area contributed by atoms with Gasteiger partial charge < -0.3 is 10.6 Å². The first-order valence-electron chi connectivity index (χ1n) is 8.20. The van der Waals surface area contributed by atoms with Crippen LogP contribution in [0.5, 0.6) is 0 Å². The molecule has 2 rings (SSSR count). The molecule has 2 N–H and O–H groups in total. The van der Waals surface area contributed by atoms with Gasteiger partial charge in [0.25, 0.3) is 5.91 Å². The van der Waals surface area contributed by atoms with Crippen molar-refractivity contribution in [2.75, 3.05) is 20.6 Å². The molecule has 0 atom stereocenters. The number of hydrogen-bond acceptors (Lipinski definition) is 4. The number of nitriles is 1. The third kappa shape index (κ3) is 4.56. The van der Waals surface area contributed by atoms with E-state index in [4.69, 9.17) is 0 Å². The van der Waals surface area contributed by atoms with Crippen molar-refractivity contribution < 1.29 is 9.59 Å². The Hall–Kier alpha value is -2.39. The first-order chi connectivity index (χ1) is 11.5. The van der Waals surface area contributed by atoms with E-state index < -0.39 is 5.54 Å². The largest absolute Gasteiger partial charge is 0.355 e. The highest BCUT2D eigenvalue weighted by Gasteiger charge is 2.35. The molecule has 1 aliphatic carbocycles. The van der Waals surface area contributed by atoms with Crippen LogP contribution in [0, 0.1) is 11.3 Å². The van der Waals surface area contributed by atoms with Crippen LogP contribution in [0.4, 0.5) is 0 Å². The Morgan fingerprint density at radius 3 is 2.42 bits per heavy atom. The van der Waals surface area contributed by atoms with E-state index in [1.807, 2.05) is 24.1 Å². The molecule has 24 heavy (non-hydrogen) atoms. The van der Waals surface area contributed by atoms with Crippen LogP contribution < -0.4 is 10.6 Å². The number of likely N-dealkylation sites (N-methyl/N-ethyl adjacent to an activating group) is 1. The number of nitrogens with one attached hydrogen (secondary N) is 2. The average molecular weight is 328 g/mol. The lowest BCUT2D eigenvalue weighted by Crippen LogP contribution is -2.48. The molecule has 1 fully saturated rings. The van der Waals surface area contributed by atoms with Gasteiger partial charge in [0.15, 0.2) is 0 Å². The van der Waals surface area contributed by atoms with Crippen LogP contribution in [0.25, 0.3) is 0 Å². The minimum absolute atomic E-state index is 0.118. The van der Waals surface area contributed by atoms with Crippen molar-refractivity contribution in [1.29, 1.82) is 5.26 Å². The van der Waals surface area contributed by atoms with E-state index in [9.17, 15) is 14.9 Å². The van der Waals surface area contributed by atoms with Crippen LogP contribution >= 0.6 is 0 Å². The second kappa shape index (κ2) is 7.93. The number of amides is 2. The fraction of sp³-hybridized carbons (Fsp3) is 0.500. The lowest BCUT2D eigenvalue weighted by Gasteiger charge is -2.24. The summed E-state index contributed by atoms with van der Waals surface area (Å²) in [5.41, 5.74) is 0.959. The van der Waals surface area contributed by atoms with Gasteiger partial charge in [-0.25, -0.2) is 0 Å². The lowest BCUT2D eigenvalue weighted by molar-refractivity contribution is -0.123. The van der Waals surface area contributed by atoms with Gasteiger partial charge in [-0.1, -0.05) is 12.1 Å². The van der Waals surface area contributed by atoms with Crippen molar-refractivity contribution >= 4 is 11.8 Å². The Labute approximate surface area is 142 Å². The molecule has 1 aliphatic rings.